The van der Waals surface area contributed by atoms with E-state index in [1.54, 1.807) is 31.4 Å². The van der Waals surface area contributed by atoms with Crippen molar-refractivity contribution in [3.05, 3.63) is 46.3 Å². The Hall–Kier alpha value is -3.27. The zero-order valence-corrected chi connectivity index (χ0v) is 14.4. The molecule has 0 atom stereocenters. The number of ether oxygens (including phenoxy) is 2. The minimum atomic E-state index is -0.552. The number of nitrogens with zero attached hydrogens (tertiary/aromatic N) is 3. The molecular formula is C16H19N5O5. The average Bonchev–Trinajstić information content (AvgIpc) is 2.65. The number of hydrogen-bond donors (Lipinski definition) is 2. The third kappa shape index (κ3) is 4.86. The molecule has 0 fully saturated rings. The molecule has 2 aromatic rings. The number of methoxy groups -OCH3 is 2. The predicted molar refractivity (Wildman–Crippen MR) is 94.7 cm³/mol. The van der Waals surface area contributed by atoms with Crippen LogP contribution in [0.25, 0.3) is 0 Å². The summed E-state index contributed by atoms with van der Waals surface area (Å²) in [5, 5.41) is 17.2. The van der Waals surface area contributed by atoms with Gasteiger partial charge in [-0.3, -0.25) is 10.1 Å². The second kappa shape index (κ2) is 9.28. The van der Waals surface area contributed by atoms with Gasteiger partial charge >= 0.3 is 11.7 Å². The SMILES string of the molecule is COCCCNc1ncnc(Nc2ccc(C(=O)OC)cc2)c1[N+](=O)[O-]. The van der Waals surface area contributed by atoms with Crippen molar-refractivity contribution >= 4 is 29.0 Å². The maximum Gasteiger partial charge on any atom is 0.353 e. The van der Waals surface area contributed by atoms with E-state index in [0.717, 1.165) is 0 Å². The Morgan fingerprint density at radius 3 is 2.50 bits per heavy atom. The van der Waals surface area contributed by atoms with E-state index in [-0.39, 0.29) is 17.3 Å². The van der Waals surface area contributed by atoms with Crippen LogP contribution < -0.4 is 10.6 Å². The lowest BCUT2D eigenvalue weighted by molar-refractivity contribution is -0.383. The highest BCUT2D eigenvalue weighted by atomic mass is 16.6. The summed E-state index contributed by atoms with van der Waals surface area (Å²) in [7, 11) is 2.88. The summed E-state index contributed by atoms with van der Waals surface area (Å²) in [6, 6.07) is 6.30. The van der Waals surface area contributed by atoms with Crippen LogP contribution in [0, 0.1) is 10.1 Å². The molecule has 2 rings (SSSR count). The molecule has 2 N–H and O–H groups in total. The Balaban J connectivity index is 2.20. The van der Waals surface area contributed by atoms with E-state index in [1.807, 2.05) is 0 Å². The lowest BCUT2D eigenvalue weighted by Crippen LogP contribution is -2.10. The summed E-state index contributed by atoms with van der Waals surface area (Å²) in [5.41, 5.74) is 0.641. The Bertz CT molecular complexity index is 766. The molecule has 0 aliphatic carbocycles. The molecule has 0 unspecified atom stereocenters. The lowest BCUT2D eigenvalue weighted by atomic mass is 10.2. The molecule has 0 bridgehead atoms. The van der Waals surface area contributed by atoms with E-state index in [2.05, 4.69) is 25.3 Å². The van der Waals surface area contributed by atoms with Gasteiger partial charge in [0.05, 0.1) is 17.6 Å². The summed E-state index contributed by atoms with van der Waals surface area (Å²) >= 11 is 0. The van der Waals surface area contributed by atoms with Crippen LogP contribution in [0.15, 0.2) is 30.6 Å². The van der Waals surface area contributed by atoms with Gasteiger partial charge in [-0.1, -0.05) is 0 Å². The Labute approximate surface area is 149 Å². The summed E-state index contributed by atoms with van der Waals surface area (Å²) in [5.74, 6) is -0.299. The minimum absolute atomic E-state index is 0.0464. The monoisotopic (exact) mass is 361 g/mol. The van der Waals surface area contributed by atoms with Crippen LogP contribution in [0.1, 0.15) is 16.8 Å². The number of rotatable bonds is 9. The minimum Gasteiger partial charge on any atom is -0.465 e. The number of esters is 1. The van der Waals surface area contributed by atoms with Crippen molar-refractivity contribution in [2.45, 2.75) is 6.42 Å². The first kappa shape index (κ1) is 19.1. The maximum absolute atomic E-state index is 11.5. The topological polar surface area (TPSA) is 129 Å². The van der Waals surface area contributed by atoms with E-state index >= 15 is 0 Å². The Morgan fingerprint density at radius 1 is 1.19 bits per heavy atom. The van der Waals surface area contributed by atoms with E-state index < -0.39 is 10.9 Å². The van der Waals surface area contributed by atoms with Crippen LogP contribution in [0.2, 0.25) is 0 Å². The molecule has 0 saturated heterocycles. The van der Waals surface area contributed by atoms with Crippen LogP contribution in [-0.4, -0.2) is 48.2 Å². The third-order valence-corrected chi connectivity index (χ3v) is 3.39. The fourth-order valence-electron chi connectivity index (χ4n) is 2.14. The fourth-order valence-corrected chi connectivity index (χ4v) is 2.14. The Kier molecular flexibility index (Phi) is 6.80. The van der Waals surface area contributed by atoms with Crippen molar-refractivity contribution < 1.29 is 19.2 Å². The summed E-state index contributed by atoms with van der Waals surface area (Å²) in [4.78, 5) is 30.3. The summed E-state index contributed by atoms with van der Waals surface area (Å²) < 4.78 is 9.57. The smallest absolute Gasteiger partial charge is 0.353 e. The number of carbonyl (C=O) groups is 1. The molecule has 0 aliphatic heterocycles. The van der Waals surface area contributed by atoms with Gasteiger partial charge in [0, 0.05) is 25.9 Å². The number of aromatic nitrogens is 2. The number of anilines is 3. The van der Waals surface area contributed by atoms with Crippen LogP contribution in [0.3, 0.4) is 0 Å². The van der Waals surface area contributed by atoms with Crippen LogP contribution in [0.4, 0.5) is 23.0 Å². The van der Waals surface area contributed by atoms with Crippen LogP contribution in [-0.2, 0) is 9.47 Å². The number of benzene rings is 1. The van der Waals surface area contributed by atoms with Gasteiger partial charge in [-0.15, -0.1) is 0 Å². The zero-order valence-electron chi connectivity index (χ0n) is 14.4. The molecule has 0 spiro atoms. The number of nitrogens with one attached hydrogen (secondary N) is 2. The molecule has 0 amide bonds. The van der Waals surface area contributed by atoms with Gasteiger partial charge in [0.25, 0.3) is 0 Å². The molecule has 1 heterocycles. The standard InChI is InChI=1S/C16H19N5O5/c1-25-9-3-8-17-14-13(21(23)24)15(19-10-18-14)20-12-6-4-11(5-7-12)16(22)26-2/h4-7,10H,3,8-9H2,1-2H3,(H2,17,18,19,20). The largest absolute Gasteiger partial charge is 0.465 e. The van der Waals surface area contributed by atoms with Crippen molar-refractivity contribution in [3.63, 3.8) is 0 Å². The van der Waals surface area contributed by atoms with Gasteiger partial charge in [-0.2, -0.15) is 0 Å². The summed E-state index contributed by atoms with van der Waals surface area (Å²) in [6.45, 7) is 1.00. The number of nitro groups is 1. The predicted octanol–water partition coefficient (Wildman–Crippen LogP) is 2.36. The van der Waals surface area contributed by atoms with Gasteiger partial charge in [0.2, 0.25) is 11.6 Å². The van der Waals surface area contributed by atoms with Gasteiger partial charge in [-0.05, 0) is 30.7 Å². The van der Waals surface area contributed by atoms with Crippen LogP contribution in [0.5, 0.6) is 0 Å². The van der Waals surface area contributed by atoms with Crippen molar-refractivity contribution in [1.29, 1.82) is 0 Å². The molecule has 10 nitrogen and oxygen atoms in total. The quantitative estimate of drug-likeness (QED) is 0.299. The van der Waals surface area contributed by atoms with Gasteiger partial charge in [0.1, 0.15) is 6.33 Å². The molecule has 0 radical (unpaired) electrons. The molecule has 0 saturated carbocycles. The van der Waals surface area contributed by atoms with E-state index in [0.29, 0.717) is 30.8 Å². The van der Waals surface area contributed by atoms with Crippen molar-refractivity contribution in [3.8, 4) is 0 Å². The van der Waals surface area contributed by atoms with Crippen LogP contribution >= 0.6 is 0 Å². The first-order valence-corrected chi connectivity index (χ1v) is 7.74. The van der Waals surface area contributed by atoms with Gasteiger partial charge in [0.15, 0.2) is 0 Å². The fraction of sp³-hybridized carbons (Fsp3) is 0.312. The molecular weight excluding hydrogens is 342 g/mol. The first-order chi connectivity index (χ1) is 12.6. The molecule has 26 heavy (non-hydrogen) atoms. The van der Waals surface area contributed by atoms with E-state index in [1.165, 1.54) is 13.4 Å². The molecule has 1 aromatic carbocycles. The number of carbonyl (C=O) groups excluding carboxylic acids is 1. The van der Waals surface area contributed by atoms with Crippen molar-refractivity contribution in [2.75, 3.05) is 38.0 Å². The highest BCUT2D eigenvalue weighted by Gasteiger charge is 2.23. The Morgan fingerprint density at radius 2 is 1.88 bits per heavy atom. The van der Waals surface area contributed by atoms with Gasteiger partial charge < -0.3 is 20.1 Å². The molecule has 138 valence electrons. The lowest BCUT2D eigenvalue weighted by Gasteiger charge is -2.10. The van der Waals surface area contributed by atoms with Gasteiger partial charge in [-0.25, -0.2) is 14.8 Å². The average molecular weight is 361 g/mol. The maximum atomic E-state index is 11.5. The molecule has 1 aromatic heterocycles. The second-order valence-electron chi connectivity index (χ2n) is 5.14. The summed E-state index contributed by atoms with van der Waals surface area (Å²) in [6.07, 6.45) is 1.91. The van der Waals surface area contributed by atoms with Crippen molar-refractivity contribution in [1.82, 2.24) is 9.97 Å². The van der Waals surface area contributed by atoms with E-state index in [9.17, 15) is 14.9 Å². The second-order valence-corrected chi connectivity index (χ2v) is 5.14. The zero-order chi connectivity index (χ0) is 18.9. The highest BCUT2D eigenvalue weighted by molar-refractivity contribution is 5.89. The third-order valence-electron chi connectivity index (χ3n) is 3.39. The molecule has 0 aliphatic rings. The highest BCUT2D eigenvalue weighted by Crippen LogP contribution is 2.31. The van der Waals surface area contributed by atoms with Crippen molar-refractivity contribution in [2.24, 2.45) is 0 Å². The molecule has 10 heteroatoms. The van der Waals surface area contributed by atoms with E-state index in [4.69, 9.17) is 4.74 Å². The normalized spacial score (nSPS) is 10.2. The number of hydrogen-bond acceptors (Lipinski definition) is 9. The first-order valence-electron chi connectivity index (χ1n) is 7.74.